The first-order valence-electron chi connectivity index (χ1n) is 7.16. The summed E-state index contributed by atoms with van der Waals surface area (Å²) in [5.74, 6) is 3.20. The Kier molecular flexibility index (Phi) is 5.99. The minimum Gasteiger partial charge on any atom is -0.493 e. The molecule has 0 saturated carbocycles. The number of ether oxygens (including phenoxy) is 2. The largest absolute Gasteiger partial charge is 0.493 e. The average molecular weight is 280 g/mol. The highest BCUT2D eigenvalue weighted by Gasteiger charge is 2.18. The SMILES string of the molecule is COc1cc(N)c(NCC(C(C)C)C(C)C)cc1OC. The van der Waals surface area contributed by atoms with E-state index in [2.05, 4.69) is 33.0 Å². The van der Waals surface area contributed by atoms with E-state index >= 15 is 0 Å². The average Bonchev–Trinajstić information content (AvgIpc) is 2.39. The molecule has 0 aliphatic rings. The van der Waals surface area contributed by atoms with Crippen LogP contribution in [-0.2, 0) is 0 Å². The molecule has 1 rings (SSSR count). The summed E-state index contributed by atoms with van der Waals surface area (Å²) in [4.78, 5) is 0. The predicted molar refractivity (Wildman–Crippen MR) is 85.6 cm³/mol. The summed E-state index contributed by atoms with van der Waals surface area (Å²) >= 11 is 0. The molecular formula is C16H28N2O2. The van der Waals surface area contributed by atoms with Gasteiger partial charge in [0.15, 0.2) is 11.5 Å². The van der Waals surface area contributed by atoms with Crippen LogP contribution in [0.25, 0.3) is 0 Å². The van der Waals surface area contributed by atoms with E-state index in [1.807, 2.05) is 6.07 Å². The van der Waals surface area contributed by atoms with Crippen molar-refractivity contribution in [1.82, 2.24) is 0 Å². The first-order chi connectivity index (χ1) is 9.40. The summed E-state index contributed by atoms with van der Waals surface area (Å²) in [7, 11) is 3.24. The minimum absolute atomic E-state index is 0.600. The lowest BCUT2D eigenvalue weighted by molar-refractivity contribution is 0.304. The van der Waals surface area contributed by atoms with Crippen molar-refractivity contribution >= 4 is 11.4 Å². The second kappa shape index (κ2) is 7.27. The van der Waals surface area contributed by atoms with Crippen molar-refractivity contribution in [3.8, 4) is 11.5 Å². The fourth-order valence-electron chi connectivity index (χ4n) is 2.52. The van der Waals surface area contributed by atoms with Gasteiger partial charge in [-0.25, -0.2) is 0 Å². The van der Waals surface area contributed by atoms with Crippen LogP contribution in [0, 0.1) is 17.8 Å². The maximum Gasteiger partial charge on any atom is 0.162 e. The van der Waals surface area contributed by atoms with Crippen LogP contribution in [0.4, 0.5) is 11.4 Å². The number of anilines is 2. The Labute approximate surface area is 122 Å². The Balaban J connectivity index is 2.87. The van der Waals surface area contributed by atoms with Crippen LogP contribution in [0.3, 0.4) is 0 Å². The zero-order valence-corrected chi connectivity index (χ0v) is 13.5. The summed E-state index contributed by atoms with van der Waals surface area (Å²) < 4.78 is 10.6. The monoisotopic (exact) mass is 280 g/mol. The zero-order chi connectivity index (χ0) is 15.3. The van der Waals surface area contributed by atoms with Crippen LogP contribution >= 0.6 is 0 Å². The molecule has 0 fully saturated rings. The number of hydrogen-bond acceptors (Lipinski definition) is 4. The molecule has 0 saturated heterocycles. The molecule has 0 bridgehead atoms. The molecule has 0 aromatic heterocycles. The fraction of sp³-hybridized carbons (Fsp3) is 0.625. The van der Waals surface area contributed by atoms with Gasteiger partial charge >= 0.3 is 0 Å². The van der Waals surface area contributed by atoms with Crippen LogP contribution in [0.15, 0.2) is 12.1 Å². The third-order valence-electron chi connectivity index (χ3n) is 3.80. The molecule has 0 heterocycles. The molecule has 20 heavy (non-hydrogen) atoms. The normalized spacial score (nSPS) is 11.2. The second-order valence-electron chi connectivity index (χ2n) is 5.83. The number of nitrogens with one attached hydrogen (secondary N) is 1. The van der Waals surface area contributed by atoms with Crippen LogP contribution in [-0.4, -0.2) is 20.8 Å². The molecule has 0 radical (unpaired) electrons. The maximum atomic E-state index is 6.06. The Bertz CT molecular complexity index is 423. The van der Waals surface area contributed by atoms with Crippen molar-refractivity contribution in [2.75, 3.05) is 31.8 Å². The molecule has 114 valence electrons. The van der Waals surface area contributed by atoms with Crippen LogP contribution in [0.5, 0.6) is 11.5 Å². The highest BCUT2D eigenvalue weighted by atomic mass is 16.5. The summed E-state index contributed by atoms with van der Waals surface area (Å²) in [5.41, 5.74) is 7.63. The first-order valence-corrected chi connectivity index (χ1v) is 7.16. The molecule has 0 atom stereocenters. The number of benzene rings is 1. The molecular weight excluding hydrogens is 252 g/mol. The number of methoxy groups -OCH3 is 2. The molecule has 0 unspecified atom stereocenters. The van der Waals surface area contributed by atoms with Gasteiger partial charge in [-0.2, -0.15) is 0 Å². The Hall–Kier alpha value is -1.58. The second-order valence-corrected chi connectivity index (χ2v) is 5.83. The van der Waals surface area contributed by atoms with Gasteiger partial charge in [0, 0.05) is 18.7 Å². The molecule has 0 aliphatic heterocycles. The van der Waals surface area contributed by atoms with Crippen molar-refractivity contribution in [3.63, 3.8) is 0 Å². The topological polar surface area (TPSA) is 56.5 Å². The van der Waals surface area contributed by atoms with Crippen molar-refractivity contribution in [2.24, 2.45) is 17.8 Å². The van der Waals surface area contributed by atoms with E-state index in [0.717, 1.165) is 12.2 Å². The van der Waals surface area contributed by atoms with E-state index in [1.165, 1.54) is 0 Å². The predicted octanol–water partition coefficient (Wildman–Crippen LogP) is 3.63. The van der Waals surface area contributed by atoms with Crippen molar-refractivity contribution in [3.05, 3.63) is 12.1 Å². The van der Waals surface area contributed by atoms with Crippen LogP contribution < -0.4 is 20.5 Å². The van der Waals surface area contributed by atoms with Crippen LogP contribution in [0.2, 0.25) is 0 Å². The van der Waals surface area contributed by atoms with Gasteiger partial charge in [-0.3, -0.25) is 0 Å². The Morgan fingerprint density at radius 1 is 1.00 bits per heavy atom. The van der Waals surface area contributed by atoms with E-state index < -0.39 is 0 Å². The summed E-state index contributed by atoms with van der Waals surface area (Å²) in [6.45, 7) is 9.91. The van der Waals surface area contributed by atoms with E-state index in [9.17, 15) is 0 Å². The lowest BCUT2D eigenvalue weighted by Gasteiger charge is -2.26. The Morgan fingerprint density at radius 3 is 1.95 bits per heavy atom. The quantitative estimate of drug-likeness (QED) is 0.749. The van der Waals surface area contributed by atoms with Gasteiger partial charge in [-0.05, 0) is 17.8 Å². The van der Waals surface area contributed by atoms with Crippen molar-refractivity contribution in [1.29, 1.82) is 0 Å². The molecule has 4 heteroatoms. The molecule has 4 nitrogen and oxygen atoms in total. The van der Waals surface area contributed by atoms with Crippen LogP contribution in [0.1, 0.15) is 27.7 Å². The van der Waals surface area contributed by atoms with Crippen molar-refractivity contribution < 1.29 is 9.47 Å². The minimum atomic E-state index is 0.600. The van der Waals surface area contributed by atoms with Gasteiger partial charge in [0.25, 0.3) is 0 Å². The lowest BCUT2D eigenvalue weighted by Crippen LogP contribution is -2.24. The Morgan fingerprint density at radius 2 is 1.50 bits per heavy atom. The molecule has 1 aromatic rings. The fourth-order valence-corrected chi connectivity index (χ4v) is 2.52. The third kappa shape index (κ3) is 3.95. The standard InChI is InChI=1S/C16H28N2O2/c1-10(2)12(11(3)4)9-18-14-8-16(20-6)15(19-5)7-13(14)17/h7-8,10-12,18H,9,17H2,1-6H3. The van der Waals surface area contributed by atoms with Gasteiger partial charge in [0.2, 0.25) is 0 Å². The van der Waals surface area contributed by atoms with Gasteiger partial charge in [-0.1, -0.05) is 27.7 Å². The number of hydrogen-bond donors (Lipinski definition) is 2. The molecule has 0 aliphatic carbocycles. The van der Waals surface area contributed by atoms with Gasteiger partial charge < -0.3 is 20.5 Å². The summed E-state index contributed by atoms with van der Waals surface area (Å²) in [5, 5.41) is 3.44. The first kappa shape index (κ1) is 16.5. The number of nitrogens with two attached hydrogens (primary N) is 1. The lowest BCUT2D eigenvalue weighted by atomic mass is 9.85. The summed E-state index contributed by atoms with van der Waals surface area (Å²) in [6, 6.07) is 3.69. The van der Waals surface area contributed by atoms with Gasteiger partial charge in [-0.15, -0.1) is 0 Å². The van der Waals surface area contributed by atoms with E-state index in [-0.39, 0.29) is 0 Å². The number of rotatable bonds is 7. The molecule has 3 N–H and O–H groups in total. The summed E-state index contributed by atoms with van der Waals surface area (Å²) in [6.07, 6.45) is 0. The highest BCUT2D eigenvalue weighted by Crippen LogP contribution is 2.35. The number of nitrogen functional groups attached to an aromatic ring is 1. The van der Waals surface area contributed by atoms with Gasteiger partial charge in [0.05, 0.1) is 25.6 Å². The smallest absolute Gasteiger partial charge is 0.162 e. The highest BCUT2D eigenvalue weighted by molar-refractivity contribution is 5.72. The molecule has 0 spiro atoms. The maximum absolute atomic E-state index is 6.06. The third-order valence-corrected chi connectivity index (χ3v) is 3.80. The molecule has 1 aromatic carbocycles. The van der Waals surface area contributed by atoms with Crippen molar-refractivity contribution in [2.45, 2.75) is 27.7 Å². The van der Waals surface area contributed by atoms with E-state index in [0.29, 0.717) is 34.9 Å². The van der Waals surface area contributed by atoms with E-state index in [4.69, 9.17) is 15.2 Å². The van der Waals surface area contributed by atoms with E-state index in [1.54, 1.807) is 20.3 Å². The molecule has 0 amide bonds. The zero-order valence-electron chi connectivity index (χ0n) is 13.5. The van der Waals surface area contributed by atoms with Gasteiger partial charge in [0.1, 0.15) is 0 Å².